The number of H-pyrrole nitrogens is 1. The second-order valence-corrected chi connectivity index (χ2v) is 9.66. The number of nitrogens with zero attached hydrogens (tertiary/aromatic N) is 2. The Bertz CT molecular complexity index is 1160. The van der Waals surface area contributed by atoms with E-state index >= 15 is 0 Å². The summed E-state index contributed by atoms with van der Waals surface area (Å²) in [6.07, 6.45) is 2.79. The zero-order chi connectivity index (χ0) is 22.7. The van der Waals surface area contributed by atoms with Crippen LogP contribution < -0.4 is 10.1 Å². The lowest BCUT2D eigenvalue weighted by atomic mass is 9.98. The van der Waals surface area contributed by atoms with Gasteiger partial charge in [0, 0.05) is 19.3 Å². The number of hydrogen-bond donors (Lipinski definition) is 2. The van der Waals surface area contributed by atoms with Crippen LogP contribution in [0.4, 0.5) is 0 Å². The van der Waals surface area contributed by atoms with E-state index in [0.29, 0.717) is 30.8 Å². The molecule has 10 heteroatoms. The number of methoxy groups -OCH3 is 1. The lowest BCUT2D eigenvalue weighted by Crippen LogP contribution is -2.45. The first kappa shape index (κ1) is 22.1. The van der Waals surface area contributed by atoms with Crippen LogP contribution in [0.15, 0.2) is 58.2 Å². The number of piperidine rings is 1. The van der Waals surface area contributed by atoms with Gasteiger partial charge >= 0.3 is 0 Å². The van der Waals surface area contributed by atoms with Crippen LogP contribution in [0.1, 0.15) is 31.4 Å². The molecule has 0 aliphatic carbocycles. The maximum Gasteiger partial charge on any atom is 0.276 e. The van der Waals surface area contributed by atoms with Gasteiger partial charge in [0.25, 0.3) is 10.0 Å². The molecule has 2 atom stereocenters. The van der Waals surface area contributed by atoms with Gasteiger partial charge in [-0.1, -0.05) is 12.1 Å². The fourth-order valence-corrected chi connectivity index (χ4v) is 5.24. The fourth-order valence-electron chi connectivity index (χ4n) is 3.81. The molecule has 4 rings (SSSR count). The Morgan fingerprint density at radius 1 is 1.25 bits per heavy atom. The predicted molar refractivity (Wildman–Crippen MR) is 117 cm³/mol. The number of aromatic nitrogens is 2. The van der Waals surface area contributed by atoms with Gasteiger partial charge in [-0.25, -0.2) is 8.42 Å². The Hall–Kier alpha value is -3.11. The highest BCUT2D eigenvalue weighted by molar-refractivity contribution is 7.89. The van der Waals surface area contributed by atoms with Crippen molar-refractivity contribution in [1.29, 1.82) is 0 Å². The monoisotopic (exact) mass is 458 g/mol. The van der Waals surface area contributed by atoms with Gasteiger partial charge in [-0.05, 0) is 55.7 Å². The van der Waals surface area contributed by atoms with Crippen molar-refractivity contribution in [3.63, 3.8) is 0 Å². The molecule has 1 saturated heterocycles. The van der Waals surface area contributed by atoms with E-state index < -0.39 is 15.9 Å². The quantitative estimate of drug-likeness (QED) is 0.562. The summed E-state index contributed by atoms with van der Waals surface area (Å²) in [5, 5.41) is 9.45. The lowest BCUT2D eigenvalue weighted by Gasteiger charge is -2.31. The summed E-state index contributed by atoms with van der Waals surface area (Å²) >= 11 is 0. The Kier molecular flexibility index (Phi) is 6.33. The van der Waals surface area contributed by atoms with Gasteiger partial charge in [-0.2, -0.15) is 9.40 Å². The number of sulfonamides is 1. The van der Waals surface area contributed by atoms with Gasteiger partial charge in [0.05, 0.1) is 19.1 Å². The van der Waals surface area contributed by atoms with Gasteiger partial charge in [0.15, 0.2) is 5.76 Å². The summed E-state index contributed by atoms with van der Waals surface area (Å²) in [6.45, 7) is 2.36. The van der Waals surface area contributed by atoms with Crippen molar-refractivity contribution in [3.05, 3.63) is 54.2 Å². The third-order valence-corrected chi connectivity index (χ3v) is 7.41. The smallest absolute Gasteiger partial charge is 0.276 e. The molecule has 1 aromatic carbocycles. The summed E-state index contributed by atoms with van der Waals surface area (Å²) in [5.41, 5.74) is 1.54. The normalized spacial score (nSPS) is 18.2. The highest BCUT2D eigenvalue weighted by Gasteiger charge is 2.35. The number of aromatic amines is 1. The summed E-state index contributed by atoms with van der Waals surface area (Å²) in [4.78, 5) is 12.9. The number of hydrogen-bond acceptors (Lipinski definition) is 6. The number of benzene rings is 1. The van der Waals surface area contributed by atoms with Crippen molar-refractivity contribution in [2.45, 2.75) is 30.9 Å². The molecule has 0 saturated carbocycles. The summed E-state index contributed by atoms with van der Waals surface area (Å²) < 4.78 is 38.3. The Balaban J connectivity index is 1.42. The molecule has 2 aromatic heterocycles. The SMILES string of the molecule is COc1ccc([C@H](C)NC(=O)[C@@H]2CCCN(S(=O)(=O)c3ccc(-c4ccn[nH]4)o3)C2)cc1. The van der Waals surface area contributed by atoms with E-state index in [4.69, 9.17) is 9.15 Å². The molecule has 1 amide bonds. The van der Waals surface area contributed by atoms with Crippen LogP contribution in [0.2, 0.25) is 0 Å². The van der Waals surface area contributed by atoms with E-state index in [9.17, 15) is 13.2 Å². The van der Waals surface area contributed by atoms with Crippen LogP contribution in [0.3, 0.4) is 0 Å². The molecule has 3 heterocycles. The number of nitrogens with one attached hydrogen (secondary N) is 2. The molecule has 0 spiro atoms. The molecule has 1 aliphatic heterocycles. The Morgan fingerprint density at radius 3 is 2.72 bits per heavy atom. The van der Waals surface area contributed by atoms with E-state index in [-0.39, 0.29) is 23.6 Å². The maximum absolute atomic E-state index is 13.1. The first-order valence-corrected chi connectivity index (χ1v) is 11.9. The largest absolute Gasteiger partial charge is 0.497 e. The van der Waals surface area contributed by atoms with Crippen molar-refractivity contribution in [3.8, 4) is 17.2 Å². The minimum atomic E-state index is -3.85. The van der Waals surface area contributed by atoms with Crippen molar-refractivity contribution < 1.29 is 22.4 Å². The summed E-state index contributed by atoms with van der Waals surface area (Å²) in [6, 6.07) is 12.0. The van der Waals surface area contributed by atoms with Crippen molar-refractivity contribution in [2.24, 2.45) is 5.92 Å². The number of carbonyl (C=O) groups excluding carboxylic acids is 1. The predicted octanol–water partition coefficient (Wildman–Crippen LogP) is 2.96. The molecular weight excluding hydrogens is 432 g/mol. The second-order valence-electron chi connectivity index (χ2n) is 7.79. The molecule has 170 valence electrons. The Morgan fingerprint density at radius 2 is 2.03 bits per heavy atom. The fraction of sp³-hybridized carbons (Fsp3) is 0.364. The van der Waals surface area contributed by atoms with Crippen LogP contribution in [-0.2, 0) is 14.8 Å². The van der Waals surface area contributed by atoms with Gasteiger partial charge in [0.2, 0.25) is 11.0 Å². The molecule has 3 aromatic rings. The number of carbonyl (C=O) groups is 1. The molecule has 1 fully saturated rings. The minimum Gasteiger partial charge on any atom is -0.497 e. The van der Waals surface area contributed by atoms with Crippen LogP contribution in [0, 0.1) is 5.92 Å². The zero-order valence-corrected chi connectivity index (χ0v) is 18.8. The Labute approximate surface area is 186 Å². The molecule has 0 radical (unpaired) electrons. The first-order valence-electron chi connectivity index (χ1n) is 10.4. The minimum absolute atomic E-state index is 0.115. The average molecular weight is 459 g/mol. The number of ether oxygens (including phenoxy) is 1. The number of amides is 1. The zero-order valence-electron chi connectivity index (χ0n) is 17.9. The van der Waals surface area contributed by atoms with E-state index in [1.165, 1.54) is 10.4 Å². The number of furan rings is 1. The van der Waals surface area contributed by atoms with Crippen molar-refractivity contribution in [2.75, 3.05) is 20.2 Å². The summed E-state index contributed by atoms with van der Waals surface area (Å²) in [7, 11) is -2.25. The van der Waals surface area contributed by atoms with Gasteiger partial charge in [-0.15, -0.1) is 0 Å². The van der Waals surface area contributed by atoms with Gasteiger partial charge < -0.3 is 14.5 Å². The topological polar surface area (TPSA) is 118 Å². The van der Waals surface area contributed by atoms with Crippen LogP contribution in [0.25, 0.3) is 11.5 Å². The molecule has 0 unspecified atom stereocenters. The molecule has 0 bridgehead atoms. The van der Waals surface area contributed by atoms with Crippen molar-refractivity contribution in [1.82, 2.24) is 19.8 Å². The highest BCUT2D eigenvalue weighted by atomic mass is 32.2. The molecule has 32 heavy (non-hydrogen) atoms. The van der Waals surface area contributed by atoms with E-state index in [1.807, 2.05) is 31.2 Å². The standard InChI is InChI=1S/C22H26N4O5S/c1-15(16-5-7-18(30-2)8-6-16)24-22(27)17-4-3-13-26(14-17)32(28,29)21-10-9-20(31-21)19-11-12-23-25-19/h5-12,15,17H,3-4,13-14H2,1-2H3,(H,23,25)(H,24,27)/t15-,17+/m0/s1. The molecule has 2 N–H and O–H groups in total. The van der Waals surface area contributed by atoms with E-state index in [1.54, 1.807) is 25.4 Å². The van der Waals surface area contributed by atoms with Crippen LogP contribution >= 0.6 is 0 Å². The van der Waals surface area contributed by atoms with E-state index in [2.05, 4.69) is 15.5 Å². The lowest BCUT2D eigenvalue weighted by molar-refractivity contribution is -0.126. The third-order valence-electron chi connectivity index (χ3n) is 5.67. The molecular formula is C22H26N4O5S. The number of rotatable bonds is 7. The maximum atomic E-state index is 13.1. The van der Waals surface area contributed by atoms with Crippen molar-refractivity contribution >= 4 is 15.9 Å². The molecule has 9 nitrogen and oxygen atoms in total. The first-order chi connectivity index (χ1) is 15.4. The van der Waals surface area contributed by atoms with Crippen LogP contribution in [0.5, 0.6) is 5.75 Å². The van der Waals surface area contributed by atoms with Crippen LogP contribution in [-0.4, -0.2) is 49.0 Å². The molecule has 1 aliphatic rings. The van der Waals surface area contributed by atoms with Gasteiger partial charge in [0.1, 0.15) is 11.4 Å². The third kappa shape index (κ3) is 4.56. The second kappa shape index (κ2) is 9.17. The average Bonchev–Trinajstić information content (AvgIpc) is 3.51. The van der Waals surface area contributed by atoms with E-state index in [0.717, 1.165) is 11.3 Å². The van der Waals surface area contributed by atoms with Gasteiger partial charge in [-0.3, -0.25) is 9.89 Å². The summed E-state index contributed by atoms with van der Waals surface area (Å²) in [5.74, 6) is 0.543. The highest BCUT2D eigenvalue weighted by Crippen LogP contribution is 2.28.